The summed E-state index contributed by atoms with van der Waals surface area (Å²) in [5, 5.41) is 8.84. The van der Waals surface area contributed by atoms with Crippen LogP contribution in [0.3, 0.4) is 0 Å². The Bertz CT molecular complexity index is 343. The Morgan fingerprint density at radius 2 is 2.17 bits per heavy atom. The Hall–Kier alpha value is -1.29. The molecule has 1 aromatic rings. The molecule has 1 aliphatic rings. The van der Waals surface area contributed by atoms with Crippen LogP contribution in [0.25, 0.3) is 0 Å². The summed E-state index contributed by atoms with van der Waals surface area (Å²) in [6.07, 6.45) is 2.52. The predicted molar refractivity (Wildman–Crippen MR) is 47.9 cm³/mol. The summed E-state index contributed by atoms with van der Waals surface area (Å²) in [6.45, 7) is 2.08. The maximum atomic E-state index is 8.84. The molecule has 0 atom stereocenters. The fraction of sp³-hybridized carbons (Fsp3) is 0.364. The van der Waals surface area contributed by atoms with Crippen molar-refractivity contribution in [1.29, 1.82) is 5.26 Å². The quantitative estimate of drug-likeness (QED) is 0.615. The molecule has 0 aliphatic heterocycles. The van der Waals surface area contributed by atoms with Gasteiger partial charge in [-0.15, -0.1) is 0 Å². The summed E-state index contributed by atoms with van der Waals surface area (Å²) in [4.78, 5) is 0. The maximum Gasteiger partial charge on any atom is 0.0994 e. The van der Waals surface area contributed by atoms with Crippen LogP contribution in [0.4, 0.5) is 0 Å². The van der Waals surface area contributed by atoms with Crippen molar-refractivity contribution >= 4 is 0 Å². The van der Waals surface area contributed by atoms with Crippen LogP contribution in [0.15, 0.2) is 18.2 Å². The molecule has 60 valence electrons. The van der Waals surface area contributed by atoms with Crippen molar-refractivity contribution in [2.45, 2.75) is 25.7 Å². The first kappa shape index (κ1) is 7.36. The number of benzene rings is 1. The highest BCUT2D eigenvalue weighted by molar-refractivity contribution is 5.43. The zero-order valence-electron chi connectivity index (χ0n) is 7.17. The maximum absolute atomic E-state index is 8.84. The van der Waals surface area contributed by atoms with Gasteiger partial charge in [0, 0.05) is 0 Å². The highest BCUT2D eigenvalue weighted by atomic mass is 14.3. The first-order chi connectivity index (χ1) is 5.81. The summed E-state index contributed by atoms with van der Waals surface area (Å²) < 4.78 is 0. The summed E-state index contributed by atoms with van der Waals surface area (Å²) in [6, 6.07) is 8.33. The van der Waals surface area contributed by atoms with Gasteiger partial charge in [0.25, 0.3) is 0 Å². The van der Waals surface area contributed by atoms with Gasteiger partial charge >= 0.3 is 0 Å². The Labute approximate surface area is 72.6 Å². The van der Waals surface area contributed by atoms with Crippen molar-refractivity contribution in [3.8, 4) is 6.07 Å². The van der Waals surface area contributed by atoms with Gasteiger partial charge in [-0.1, -0.05) is 17.7 Å². The van der Waals surface area contributed by atoms with Crippen LogP contribution in [0.5, 0.6) is 0 Å². The third-order valence-corrected chi connectivity index (χ3v) is 2.34. The zero-order chi connectivity index (χ0) is 8.55. The average molecular weight is 157 g/mol. The van der Waals surface area contributed by atoms with Crippen molar-refractivity contribution in [3.63, 3.8) is 0 Å². The minimum absolute atomic E-state index is 0.680. The molecule has 0 spiro atoms. The molecule has 2 rings (SSSR count). The smallest absolute Gasteiger partial charge is 0.0994 e. The summed E-state index contributed by atoms with van der Waals surface area (Å²) in [5.74, 6) is 0.680. The third kappa shape index (κ3) is 1.21. The number of rotatable bonds is 1. The van der Waals surface area contributed by atoms with Gasteiger partial charge < -0.3 is 0 Å². The molecule has 0 heterocycles. The Kier molecular flexibility index (Phi) is 1.62. The molecule has 0 radical (unpaired) electrons. The summed E-state index contributed by atoms with van der Waals surface area (Å²) in [5.41, 5.74) is 3.39. The number of hydrogen-bond donors (Lipinski definition) is 0. The van der Waals surface area contributed by atoms with E-state index < -0.39 is 0 Å². The van der Waals surface area contributed by atoms with Crippen molar-refractivity contribution in [3.05, 3.63) is 34.9 Å². The fourth-order valence-corrected chi connectivity index (χ4v) is 1.52. The molecule has 0 amide bonds. The summed E-state index contributed by atoms with van der Waals surface area (Å²) >= 11 is 0. The minimum atomic E-state index is 0.680. The Morgan fingerprint density at radius 1 is 1.42 bits per heavy atom. The molecule has 0 bridgehead atoms. The van der Waals surface area contributed by atoms with Gasteiger partial charge in [-0.3, -0.25) is 0 Å². The van der Waals surface area contributed by atoms with Gasteiger partial charge in [-0.2, -0.15) is 5.26 Å². The molecular formula is C11H11N. The lowest BCUT2D eigenvalue weighted by Crippen LogP contribution is -1.87. The van der Waals surface area contributed by atoms with Gasteiger partial charge in [0.1, 0.15) is 0 Å². The van der Waals surface area contributed by atoms with Gasteiger partial charge in [0.05, 0.1) is 11.6 Å². The van der Waals surface area contributed by atoms with Gasteiger partial charge in [0.2, 0.25) is 0 Å². The molecule has 0 unspecified atom stereocenters. The van der Waals surface area contributed by atoms with E-state index in [0.29, 0.717) is 5.92 Å². The molecule has 1 fully saturated rings. The van der Waals surface area contributed by atoms with E-state index in [4.69, 9.17) is 5.26 Å². The second-order valence-corrected chi connectivity index (χ2v) is 3.48. The van der Waals surface area contributed by atoms with E-state index >= 15 is 0 Å². The van der Waals surface area contributed by atoms with E-state index in [0.717, 1.165) is 5.56 Å². The Balaban J connectivity index is 2.48. The fourth-order valence-electron chi connectivity index (χ4n) is 1.52. The molecule has 0 aromatic heterocycles. The monoisotopic (exact) mass is 157 g/mol. The highest BCUT2D eigenvalue weighted by Crippen LogP contribution is 2.41. The molecular weight excluding hydrogens is 146 g/mol. The molecule has 1 aliphatic carbocycles. The first-order valence-electron chi connectivity index (χ1n) is 4.32. The number of aryl methyl sites for hydroxylation is 1. The third-order valence-electron chi connectivity index (χ3n) is 2.34. The van der Waals surface area contributed by atoms with Crippen LogP contribution in [-0.2, 0) is 0 Å². The van der Waals surface area contributed by atoms with Crippen LogP contribution in [0.1, 0.15) is 35.4 Å². The van der Waals surface area contributed by atoms with Crippen molar-refractivity contribution < 1.29 is 0 Å². The van der Waals surface area contributed by atoms with E-state index in [1.807, 2.05) is 12.1 Å². The van der Waals surface area contributed by atoms with Gasteiger partial charge in [0.15, 0.2) is 0 Å². The lowest BCUT2D eigenvalue weighted by Gasteiger charge is -2.01. The van der Waals surface area contributed by atoms with Crippen LogP contribution >= 0.6 is 0 Å². The standard InChI is InChI=1S/C11H11N/c1-8-2-3-10(7-12)11(6-8)9-4-5-9/h2-3,6,9H,4-5H2,1H3. The van der Waals surface area contributed by atoms with Gasteiger partial charge in [-0.05, 0) is 37.3 Å². The molecule has 0 N–H and O–H groups in total. The van der Waals surface area contributed by atoms with Crippen molar-refractivity contribution in [1.82, 2.24) is 0 Å². The van der Waals surface area contributed by atoms with Crippen molar-refractivity contribution in [2.75, 3.05) is 0 Å². The van der Waals surface area contributed by atoms with Gasteiger partial charge in [-0.25, -0.2) is 0 Å². The van der Waals surface area contributed by atoms with Crippen LogP contribution in [0, 0.1) is 18.3 Å². The second kappa shape index (κ2) is 2.64. The topological polar surface area (TPSA) is 23.8 Å². The van der Waals surface area contributed by atoms with Crippen LogP contribution in [-0.4, -0.2) is 0 Å². The lowest BCUT2D eigenvalue weighted by molar-refractivity contribution is 1.11. The number of hydrogen-bond acceptors (Lipinski definition) is 1. The predicted octanol–water partition coefficient (Wildman–Crippen LogP) is 2.74. The van der Waals surface area contributed by atoms with E-state index in [-0.39, 0.29) is 0 Å². The van der Waals surface area contributed by atoms with E-state index in [1.165, 1.54) is 24.0 Å². The van der Waals surface area contributed by atoms with Crippen molar-refractivity contribution in [2.24, 2.45) is 0 Å². The van der Waals surface area contributed by atoms with E-state index in [1.54, 1.807) is 0 Å². The average Bonchev–Trinajstić information content (AvgIpc) is 2.87. The first-order valence-corrected chi connectivity index (χ1v) is 4.32. The van der Waals surface area contributed by atoms with Crippen LogP contribution < -0.4 is 0 Å². The minimum Gasteiger partial charge on any atom is -0.192 e. The molecule has 0 saturated heterocycles. The largest absolute Gasteiger partial charge is 0.192 e. The summed E-state index contributed by atoms with van der Waals surface area (Å²) in [7, 11) is 0. The van der Waals surface area contributed by atoms with E-state index in [9.17, 15) is 0 Å². The van der Waals surface area contributed by atoms with Crippen LogP contribution in [0.2, 0.25) is 0 Å². The highest BCUT2D eigenvalue weighted by Gasteiger charge is 2.25. The molecule has 1 nitrogen and oxygen atoms in total. The normalized spacial score (nSPS) is 15.7. The molecule has 1 saturated carbocycles. The zero-order valence-corrected chi connectivity index (χ0v) is 7.17. The SMILES string of the molecule is Cc1ccc(C#N)c(C2CC2)c1. The molecule has 12 heavy (non-hydrogen) atoms. The lowest BCUT2D eigenvalue weighted by atomic mass is 10.0. The Morgan fingerprint density at radius 3 is 2.75 bits per heavy atom. The number of nitriles is 1. The second-order valence-electron chi connectivity index (χ2n) is 3.48. The number of nitrogens with zero attached hydrogens (tertiary/aromatic N) is 1. The molecule has 1 heteroatoms. The molecule has 1 aromatic carbocycles. The van der Waals surface area contributed by atoms with E-state index in [2.05, 4.69) is 19.1 Å².